The fraction of sp³-hybridized carbons (Fsp3) is 0. The Morgan fingerprint density at radius 1 is 0.471 bits per heavy atom. The lowest BCUT2D eigenvalue weighted by Gasteiger charge is -2.38. The van der Waals surface area contributed by atoms with Crippen LogP contribution in [0.2, 0.25) is 0 Å². The van der Waals surface area contributed by atoms with E-state index in [0.29, 0.717) is 0 Å². The summed E-state index contributed by atoms with van der Waals surface area (Å²) in [4.78, 5) is 2.33. The summed E-state index contributed by atoms with van der Waals surface area (Å²) < 4.78 is 8.43. The maximum atomic E-state index is 6.01. The number of para-hydroxylation sites is 2. The van der Waals surface area contributed by atoms with Gasteiger partial charge in [-0.05, 0) is 94.8 Å². The van der Waals surface area contributed by atoms with Gasteiger partial charge in [-0.25, -0.2) is 0 Å². The Morgan fingerprint density at radius 2 is 0.794 bits per heavy atom. The van der Waals surface area contributed by atoms with Crippen molar-refractivity contribution in [3.8, 4) is 23.0 Å². The smallest absolute Gasteiger partial charge is 0.127 e. The Kier molecular flexibility index (Phi) is 8.09. The minimum Gasteiger partial charge on any atom is -0.457 e. The van der Waals surface area contributed by atoms with Crippen LogP contribution in [0.15, 0.2) is 119 Å². The van der Waals surface area contributed by atoms with Crippen LogP contribution >= 0.6 is 52.1 Å². The maximum Gasteiger partial charge on any atom is 0.127 e. The van der Waals surface area contributed by atoms with Gasteiger partial charge in [0.05, 0.1) is 0 Å². The number of hydrogen-bond donors (Lipinski definition) is 0. The molecule has 1 aliphatic heterocycles. The van der Waals surface area contributed by atoms with Gasteiger partial charge in [-0.15, -0.1) is 0 Å². The number of benzene rings is 4. The van der Waals surface area contributed by atoms with E-state index >= 15 is 0 Å². The molecular formula is C24H18O2P2S6. The second-order valence-electron chi connectivity index (χ2n) is 7.01. The number of hydrogen-bond acceptors (Lipinski definition) is 8. The summed E-state index contributed by atoms with van der Waals surface area (Å²) in [7, 11) is 0. The quantitative estimate of drug-likeness (QED) is 0.186. The van der Waals surface area contributed by atoms with Gasteiger partial charge in [-0.2, -0.15) is 0 Å². The minimum atomic E-state index is -1.67. The van der Waals surface area contributed by atoms with Gasteiger partial charge < -0.3 is 9.47 Å². The highest BCUT2D eigenvalue weighted by molar-refractivity contribution is 9.63. The predicted octanol–water partition coefficient (Wildman–Crippen LogP) is 11.1. The van der Waals surface area contributed by atoms with Gasteiger partial charge in [0, 0.05) is 9.79 Å². The van der Waals surface area contributed by atoms with Crippen LogP contribution in [0.1, 0.15) is 0 Å². The van der Waals surface area contributed by atoms with Crippen molar-refractivity contribution in [2.24, 2.45) is 0 Å². The van der Waals surface area contributed by atoms with Crippen molar-refractivity contribution in [1.29, 1.82) is 0 Å². The molecule has 0 saturated carbocycles. The van der Waals surface area contributed by atoms with E-state index in [-0.39, 0.29) is 0 Å². The number of ether oxygens (including phenoxy) is 2. The van der Waals surface area contributed by atoms with Crippen LogP contribution in [0.5, 0.6) is 23.0 Å². The van der Waals surface area contributed by atoms with Gasteiger partial charge in [0.25, 0.3) is 0 Å². The van der Waals surface area contributed by atoms with Crippen LogP contribution in [0.4, 0.5) is 0 Å². The molecule has 1 saturated heterocycles. The standard InChI is InChI=1S/C24H18O2P2S6/c29-27(31-23-15-11-21(12-16-23)25-19-7-3-1-4-8-19)33-28(30,34-27)32-24-17-13-22(14-18-24)26-20-9-5-2-6-10-20/h1-18H. The molecule has 1 fully saturated rings. The van der Waals surface area contributed by atoms with Crippen LogP contribution in [0.25, 0.3) is 0 Å². The van der Waals surface area contributed by atoms with Crippen LogP contribution in [0, 0.1) is 0 Å². The molecule has 4 aromatic rings. The van der Waals surface area contributed by atoms with Crippen molar-refractivity contribution >= 4 is 75.7 Å². The minimum absolute atomic E-state index is 0.821. The summed E-state index contributed by atoms with van der Waals surface area (Å²) in [6.45, 7) is 0. The molecule has 34 heavy (non-hydrogen) atoms. The third kappa shape index (κ3) is 6.68. The molecule has 0 radical (unpaired) electrons. The highest BCUT2D eigenvalue weighted by atomic mass is 33.9. The first-order valence-electron chi connectivity index (χ1n) is 10.1. The SMILES string of the molecule is S=P1(Sc2ccc(Oc3ccccc3)cc2)SP(=S)(Sc2ccc(Oc3ccccc3)cc2)S1. The van der Waals surface area contributed by atoms with Crippen molar-refractivity contribution in [2.45, 2.75) is 9.79 Å². The van der Waals surface area contributed by atoms with Crippen LogP contribution in [-0.4, -0.2) is 0 Å². The normalized spacial score (nSPS) is 21.4. The molecule has 172 valence electrons. The molecule has 4 aromatic carbocycles. The van der Waals surface area contributed by atoms with Crippen molar-refractivity contribution in [3.05, 3.63) is 109 Å². The molecule has 0 aromatic heterocycles. The predicted molar refractivity (Wildman–Crippen MR) is 161 cm³/mol. The Hall–Kier alpha value is -0.820. The Balaban J connectivity index is 1.14. The second-order valence-corrected chi connectivity index (χ2v) is 36.9. The molecule has 5 rings (SSSR count). The number of rotatable bonds is 8. The van der Waals surface area contributed by atoms with Crippen LogP contribution < -0.4 is 9.47 Å². The fourth-order valence-corrected chi connectivity index (χ4v) is 71.6. The third-order valence-corrected chi connectivity index (χ3v) is 44.5. The average Bonchev–Trinajstić information content (AvgIpc) is 2.82. The summed E-state index contributed by atoms with van der Waals surface area (Å²) in [6.07, 6.45) is 0. The molecule has 0 aliphatic carbocycles. The molecule has 1 heterocycles. The maximum absolute atomic E-state index is 6.01. The van der Waals surface area contributed by atoms with E-state index < -0.39 is 7.29 Å². The van der Waals surface area contributed by atoms with Crippen LogP contribution in [0.3, 0.4) is 0 Å². The Morgan fingerprint density at radius 3 is 1.15 bits per heavy atom. The summed E-state index contributed by atoms with van der Waals surface area (Å²) in [5, 5.41) is 0. The fourth-order valence-electron chi connectivity index (χ4n) is 2.96. The molecule has 1 aliphatic rings. The zero-order chi connectivity index (χ0) is 23.4. The van der Waals surface area contributed by atoms with E-state index in [1.54, 1.807) is 22.8 Å². The van der Waals surface area contributed by atoms with Crippen molar-refractivity contribution in [2.75, 3.05) is 0 Å². The topological polar surface area (TPSA) is 18.5 Å². The van der Waals surface area contributed by atoms with Gasteiger partial charge in [-0.1, -0.05) is 82.8 Å². The lowest BCUT2D eigenvalue weighted by molar-refractivity contribution is 0.482. The molecule has 2 nitrogen and oxygen atoms in total. The van der Waals surface area contributed by atoms with Gasteiger partial charge in [-0.3, -0.25) is 0 Å². The molecule has 0 bridgehead atoms. The van der Waals surface area contributed by atoms with Gasteiger partial charge in [0.15, 0.2) is 0 Å². The molecular weight excluding hydrogens is 575 g/mol. The van der Waals surface area contributed by atoms with E-state index in [1.807, 2.05) is 107 Å². The monoisotopic (exact) mass is 592 g/mol. The highest BCUT2D eigenvalue weighted by Crippen LogP contribution is 3.13. The summed E-state index contributed by atoms with van der Waals surface area (Å²) >= 11 is 19.3. The molecule has 0 unspecified atom stereocenters. The van der Waals surface area contributed by atoms with E-state index in [4.69, 9.17) is 33.1 Å². The molecule has 0 spiro atoms. The average molecular weight is 593 g/mol. The molecule has 0 atom stereocenters. The highest BCUT2D eigenvalue weighted by Gasteiger charge is 2.45. The first-order chi connectivity index (χ1) is 16.5. The van der Waals surface area contributed by atoms with E-state index in [0.717, 1.165) is 32.8 Å². The first kappa shape index (κ1) is 24.9. The second kappa shape index (κ2) is 11.1. The summed E-state index contributed by atoms with van der Waals surface area (Å²) in [5.41, 5.74) is 0. The zero-order valence-electron chi connectivity index (χ0n) is 17.6. The summed E-state index contributed by atoms with van der Waals surface area (Å²) in [5.74, 6) is 3.30. The third-order valence-electron chi connectivity index (χ3n) is 4.44. The first-order valence-corrected chi connectivity index (χ1v) is 22.7. The summed E-state index contributed by atoms with van der Waals surface area (Å²) in [6, 6.07) is 35.9. The van der Waals surface area contributed by atoms with Crippen LogP contribution in [-0.2, 0) is 23.6 Å². The van der Waals surface area contributed by atoms with E-state index in [1.165, 1.54) is 0 Å². The van der Waals surface area contributed by atoms with Crippen molar-refractivity contribution < 1.29 is 9.47 Å². The van der Waals surface area contributed by atoms with E-state index in [2.05, 4.69) is 24.3 Å². The molecule has 0 N–H and O–H groups in total. The lowest BCUT2D eigenvalue weighted by Crippen LogP contribution is -1.84. The lowest BCUT2D eigenvalue weighted by atomic mass is 10.3. The van der Waals surface area contributed by atoms with Gasteiger partial charge in [0.2, 0.25) is 0 Å². The van der Waals surface area contributed by atoms with Crippen molar-refractivity contribution in [3.63, 3.8) is 0 Å². The largest absolute Gasteiger partial charge is 0.457 e. The van der Waals surface area contributed by atoms with E-state index in [9.17, 15) is 0 Å². The Labute approximate surface area is 225 Å². The molecule has 10 heteroatoms. The van der Waals surface area contributed by atoms with Gasteiger partial charge >= 0.3 is 0 Å². The zero-order valence-corrected chi connectivity index (χ0v) is 24.2. The van der Waals surface area contributed by atoms with Crippen molar-refractivity contribution in [1.82, 2.24) is 0 Å². The molecule has 0 amide bonds. The Bertz CT molecular complexity index is 1230. The van der Waals surface area contributed by atoms with Gasteiger partial charge in [0.1, 0.15) is 30.3 Å².